The van der Waals surface area contributed by atoms with E-state index < -0.39 is 0 Å². The van der Waals surface area contributed by atoms with Crippen LogP contribution in [-0.4, -0.2) is 13.2 Å². The molecule has 100 valence electrons. The molecule has 2 heteroatoms. The predicted octanol–water partition coefficient (Wildman–Crippen LogP) is 3.39. The molecule has 1 unspecified atom stereocenters. The molecule has 1 aromatic rings. The van der Waals surface area contributed by atoms with E-state index in [2.05, 4.69) is 31.2 Å². The Balaban J connectivity index is 1.86. The fourth-order valence-corrected chi connectivity index (χ4v) is 2.64. The van der Waals surface area contributed by atoms with Crippen LogP contribution in [0, 0.1) is 11.8 Å². The monoisotopic (exact) mass is 247 g/mol. The van der Waals surface area contributed by atoms with E-state index in [-0.39, 0.29) is 0 Å². The lowest BCUT2D eigenvalue weighted by atomic mass is 10.0. The summed E-state index contributed by atoms with van der Waals surface area (Å²) in [5.74, 6) is 2.33. The van der Waals surface area contributed by atoms with E-state index in [4.69, 9.17) is 10.5 Å². The molecular weight excluding hydrogens is 222 g/mol. The molecule has 0 aliphatic heterocycles. The van der Waals surface area contributed by atoms with Gasteiger partial charge in [0.2, 0.25) is 0 Å². The molecule has 1 aliphatic carbocycles. The van der Waals surface area contributed by atoms with Gasteiger partial charge in [-0.2, -0.15) is 0 Å². The second-order valence-corrected chi connectivity index (χ2v) is 5.65. The van der Waals surface area contributed by atoms with E-state index >= 15 is 0 Å². The Kier molecular flexibility index (Phi) is 5.06. The van der Waals surface area contributed by atoms with E-state index in [1.807, 2.05) is 0 Å². The Morgan fingerprint density at radius 3 is 2.83 bits per heavy atom. The van der Waals surface area contributed by atoms with E-state index in [1.54, 1.807) is 0 Å². The SMILES string of the molecule is CC(CN)Cc1cccc(OCC2CCCC2)c1. The highest BCUT2D eigenvalue weighted by Gasteiger charge is 2.15. The lowest BCUT2D eigenvalue weighted by Crippen LogP contribution is -2.13. The second kappa shape index (κ2) is 6.79. The summed E-state index contributed by atoms with van der Waals surface area (Å²) in [7, 11) is 0. The minimum absolute atomic E-state index is 0.537. The Hall–Kier alpha value is -1.02. The van der Waals surface area contributed by atoms with Crippen molar-refractivity contribution in [3.63, 3.8) is 0 Å². The summed E-state index contributed by atoms with van der Waals surface area (Å²) in [6.45, 7) is 3.81. The van der Waals surface area contributed by atoms with Crippen molar-refractivity contribution in [1.29, 1.82) is 0 Å². The first-order valence-electron chi connectivity index (χ1n) is 7.19. The highest BCUT2D eigenvalue weighted by molar-refractivity contribution is 5.28. The molecule has 2 rings (SSSR count). The van der Waals surface area contributed by atoms with Gasteiger partial charge in [-0.25, -0.2) is 0 Å². The van der Waals surface area contributed by atoms with Crippen LogP contribution in [-0.2, 0) is 6.42 Å². The van der Waals surface area contributed by atoms with Crippen molar-refractivity contribution < 1.29 is 4.74 Å². The van der Waals surface area contributed by atoms with E-state index in [1.165, 1.54) is 31.2 Å². The third-order valence-corrected chi connectivity index (χ3v) is 3.85. The minimum Gasteiger partial charge on any atom is -0.493 e. The molecular formula is C16H25NO. The maximum Gasteiger partial charge on any atom is 0.119 e. The molecule has 2 N–H and O–H groups in total. The zero-order chi connectivity index (χ0) is 12.8. The highest BCUT2D eigenvalue weighted by Crippen LogP contribution is 2.26. The lowest BCUT2D eigenvalue weighted by molar-refractivity contribution is 0.252. The Morgan fingerprint density at radius 1 is 1.33 bits per heavy atom. The molecule has 2 nitrogen and oxygen atoms in total. The van der Waals surface area contributed by atoms with Gasteiger partial charge in [0.25, 0.3) is 0 Å². The molecule has 0 bridgehead atoms. The van der Waals surface area contributed by atoms with Crippen LogP contribution >= 0.6 is 0 Å². The van der Waals surface area contributed by atoms with Crippen molar-refractivity contribution >= 4 is 0 Å². The minimum atomic E-state index is 0.537. The van der Waals surface area contributed by atoms with Crippen molar-refractivity contribution in [2.75, 3.05) is 13.2 Å². The molecule has 0 heterocycles. The van der Waals surface area contributed by atoms with Crippen LogP contribution in [0.2, 0.25) is 0 Å². The standard InChI is InChI=1S/C16H25NO/c1-13(11-17)9-15-7-4-8-16(10-15)18-12-14-5-2-3-6-14/h4,7-8,10,13-14H,2-3,5-6,9,11-12,17H2,1H3. The quantitative estimate of drug-likeness (QED) is 0.836. The third-order valence-electron chi connectivity index (χ3n) is 3.85. The Bertz CT molecular complexity index is 358. The lowest BCUT2D eigenvalue weighted by Gasteiger charge is -2.13. The van der Waals surface area contributed by atoms with Gasteiger partial charge in [-0.1, -0.05) is 31.9 Å². The molecule has 0 amide bonds. The maximum atomic E-state index is 5.91. The van der Waals surface area contributed by atoms with Crippen LogP contribution in [0.4, 0.5) is 0 Å². The zero-order valence-corrected chi connectivity index (χ0v) is 11.4. The first kappa shape index (κ1) is 13.4. The van der Waals surface area contributed by atoms with Gasteiger partial charge in [-0.05, 0) is 55.3 Å². The van der Waals surface area contributed by atoms with Gasteiger partial charge in [-0.15, -0.1) is 0 Å². The summed E-state index contributed by atoms with van der Waals surface area (Å²) in [6.07, 6.45) is 6.47. The molecule has 1 fully saturated rings. The van der Waals surface area contributed by atoms with Crippen LogP contribution in [0.25, 0.3) is 0 Å². The number of nitrogens with two attached hydrogens (primary N) is 1. The number of benzene rings is 1. The van der Waals surface area contributed by atoms with Gasteiger partial charge < -0.3 is 10.5 Å². The molecule has 0 spiro atoms. The molecule has 1 saturated carbocycles. The maximum absolute atomic E-state index is 5.91. The zero-order valence-electron chi connectivity index (χ0n) is 11.4. The second-order valence-electron chi connectivity index (χ2n) is 5.65. The normalized spacial score (nSPS) is 17.9. The van der Waals surface area contributed by atoms with Gasteiger partial charge in [0.05, 0.1) is 6.61 Å². The summed E-state index contributed by atoms with van der Waals surface area (Å²) in [5, 5.41) is 0. The van der Waals surface area contributed by atoms with Crippen molar-refractivity contribution in [3.05, 3.63) is 29.8 Å². The number of rotatable bonds is 6. The van der Waals surface area contributed by atoms with Gasteiger partial charge >= 0.3 is 0 Å². The Labute approximate surface area is 111 Å². The van der Waals surface area contributed by atoms with E-state index in [9.17, 15) is 0 Å². The van der Waals surface area contributed by atoms with Crippen molar-refractivity contribution in [2.24, 2.45) is 17.6 Å². The van der Waals surface area contributed by atoms with Crippen molar-refractivity contribution in [3.8, 4) is 5.75 Å². The first-order valence-corrected chi connectivity index (χ1v) is 7.19. The van der Waals surface area contributed by atoms with Crippen LogP contribution in [0.5, 0.6) is 5.75 Å². The topological polar surface area (TPSA) is 35.2 Å². The average molecular weight is 247 g/mol. The summed E-state index contributed by atoms with van der Waals surface area (Å²) >= 11 is 0. The van der Waals surface area contributed by atoms with E-state index in [0.717, 1.165) is 31.2 Å². The Morgan fingerprint density at radius 2 is 2.11 bits per heavy atom. The smallest absolute Gasteiger partial charge is 0.119 e. The van der Waals surface area contributed by atoms with Gasteiger partial charge in [-0.3, -0.25) is 0 Å². The van der Waals surface area contributed by atoms with Crippen molar-refractivity contribution in [1.82, 2.24) is 0 Å². The van der Waals surface area contributed by atoms with Crippen LogP contribution < -0.4 is 10.5 Å². The summed E-state index contributed by atoms with van der Waals surface area (Å²) in [5.41, 5.74) is 7.00. The predicted molar refractivity (Wildman–Crippen MR) is 75.8 cm³/mol. The van der Waals surface area contributed by atoms with Crippen LogP contribution in [0.1, 0.15) is 38.2 Å². The summed E-state index contributed by atoms with van der Waals surface area (Å²) < 4.78 is 5.91. The van der Waals surface area contributed by atoms with Gasteiger partial charge in [0.1, 0.15) is 5.75 Å². The van der Waals surface area contributed by atoms with Gasteiger partial charge in [0, 0.05) is 0 Å². The first-order chi connectivity index (χ1) is 8.78. The van der Waals surface area contributed by atoms with Crippen LogP contribution in [0.3, 0.4) is 0 Å². The third kappa shape index (κ3) is 4.02. The average Bonchev–Trinajstić information content (AvgIpc) is 2.90. The number of ether oxygens (including phenoxy) is 1. The number of hydrogen-bond donors (Lipinski definition) is 1. The summed E-state index contributed by atoms with van der Waals surface area (Å²) in [6, 6.07) is 8.48. The van der Waals surface area contributed by atoms with Gasteiger partial charge in [0.15, 0.2) is 0 Å². The largest absolute Gasteiger partial charge is 0.493 e. The fourth-order valence-electron chi connectivity index (χ4n) is 2.64. The van der Waals surface area contributed by atoms with Crippen molar-refractivity contribution in [2.45, 2.75) is 39.0 Å². The molecule has 0 aromatic heterocycles. The molecule has 1 aromatic carbocycles. The molecule has 18 heavy (non-hydrogen) atoms. The summed E-state index contributed by atoms with van der Waals surface area (Å²) in [4.78, 5) is 0. The highest BCUT2D eigenvalue weighted by atomic mass is 16.5. The van der Waals surface area contributed by atoms with Crippen LogP contribution in [0.15, 0.2) is 24.3 Å². The fraction of sp³-hybridized carbons (Fsp3) is 0.625. The molecule has 0 saturated heterocycles. The molecule has 0 radical (unpaired) electrons. The van der Waals surface area contributed by atoms with E-state index in [0.29, 0.717) is 5.92 Å². The molecule has 1 aliphatic rings. The molecule has 1 atom stereocenters. The number of hydrogen-bond acceptors (Lipinski definition) is 2.